The summed E-state index contributed by atoms with van der Waals surface area (Å²) in [4.78, 5) is 42.3. The Labute approximate surface area is 300 Å². The Hall–Kier alpha value is -4.66. The number of benzene rings is 2. The third-order valence-corrected chi connectivity index (χ3v) is 11.8. The van der Waals surface area contributed by atoms with Gasteiger partial charge in [-0.3, -0.25) is 19.4 Å². The lowest BCUT2D eigenvalue weighted by Gasteiger charge is -2.62. The number of esters is 2. The molecule has 276 valence electrons. The molecule has 52 heavy (non-hydrogen) atoms. The molecule has 0 saturated carbocycles. The zero-order valence-corrected chi connectivity index (χ0v) is 29.4. The number of halogens is 3. The lowest BCUT2D eigenvalue weighted by Crippen LogP contribution is -2.70. The second-order valence-corrected chi connectivity index (χ2v) is 14.4. The number of fused-ring (bicyclic) bond motifs is 9. The molecule has 7 atom stereocenters. The molecule has 0 radical (unpaired) electrons. The van der Waals surface area contributed by atoms with E-state index in [1.165, 1.54) is 14.0 Å². The van der Waals surface area contributed by atoms with Crippen molar-refractivity contribution in [2.45, 2.75) is 74.9 Å². The number of hydrogen-bond donors (Lipinski definition) is 2. The number of thioether (sulfide) groups is 1. The Morgan fingerprint density at radius 1 is 1.19 bits per heavy atom. The van der Waals surface area contributed by atoms with Crippen molar-refractivity contribution in [1.29, 1.82) is 5.26 Å². The summed E-state index contributed by atoms with van der Waals surface area (Å²) < 4.78 is 69.5. The number of cyclic esters (lactones) is 1. The van der Waals surface area contributed by atoms with Crippen LogP contribution in [0, 0.1) is 25.2 Å². The van der Waals surface area contributed by atoms with E-state index in [9.17, 15) is 37.9 Å². The van der Waals surface area contributed by atoms with Gasteiger partial charge >= 0.3 is 24.0 Å². The topological polar surface area (TPSA) is 160 Å². The number of rotatable bonds is 5. The maximum Gasteiger partial charge on any atom is 0.471 e. The van der Waals surface area contributed by atoms with Crippen LogP contribution in [-0.2, 0) is 25.5 Å². The number of nitrogens with one attached hydrogen (secondary N) is 1. The maximum atomic E-state index is 13.4. The van der Waals surface area contributed by atoms with Crippen LogP contribution in [0.1, 0.15) is 57.6 Å². The summed E-state index contributed by atoms with van der Waals surface area (Å²) in [5, 5.41) is 23.8. The first-order valence-corrected chi connectivity index (χ1v) is 17.5. The number of ether oxygens (including phenoxy) is 5. The lowest BCUT2D eigenvalue weighted by molar-refractivity contribution is -0.176. The summed E-state index contributed by atoms with van der Waals surface area (Å²) in [5.74, 6) is -3.60. The van der Waals surface area contributed by atoms with Crippen molar-refractivity contribution in [2.75, 3.05) is 32.8 Å². The molecule has 0 aliphatic carbocycles. The van der Waals surface area contributed by atoms with E-state index in [-0.39, 0.29) is 30.6 Å². The number of carbonyl (C=O) groups excluding carboxylic acids is 3. The van der Waals surface area contributed by atoms with Crippen LogP contribution in [0.5, 0.6) is 28.7 Å². The summed E-state index contributed by atoms with van der Waals surface area (Å²) >= 11 is 1.03. The van der Waals surface area contributed by atoms with E-state index < -0.39 is 77.9 Å². The average molecular weight is 745 g/mol. The average Bonchev–Trinajstić information content (AvgIpc) is 3.57. The quantitative estimate of drug-likeness (QED) is 0.259. The van der Waals surface area contributed by atoms with E-state index >= 15 is 0 Å². The summed E-state index contributed by atoms with van der Waals surface area (Å²) in [6.07, 6.45) is -3.23. The van der Waals surface area contributed by atoms with Crippen molar-refractivity contribution in [1.82, 2.24) is 15.1 Å². The highest BCUT2D eigenvalue weighted by atomic mass is 32.2. The van der Waals surface area contributed by atoms with Crippen LogP contribution in [-0.4, -0.2) is 95.9 Å². The molecule has 1 amide bonds. The number of piperazine rings is 1. The van der Waals surface area contributed by atoms with E-state index in [1.807, 2.05) is 11.0 Å². The summed E-state index contributed by atoms with van der Waals surface area (Å²) in [5.41, 5.74) is 3.30. The van der Waals surface area contributed by atoms with Gasteiger partial charge in [-0.1, -0.05) is 12.1 Å². The van der Waals surface area contributed by atoms with E-state index in [1.54, 1.807) is 25.2 Å². The van der Waals surface area contributed by atoms with E-state index in [4.69, 9.17) is 23.7 Å². The number of aryl methyl sites for hydroxylation is 1. The number of hydrogen-bond acceptors (Lipinski definition) is 13. The fourth-order valence-corrected chi connectivity index (χ4v) is 10.1. The molecule has 5 aliphatic heterocycles. The Morgan fingerprint density at radius 2 is 1.92 bits per heavy atom. The lowest BCUT2D eigenvalue weighted by atomic mass is 9.71. The SMILES string of the molecule is C=CCN1[C@@H]2Cc3cc(C)c(OC)c(O)c3[C@@H]1[C@@H]1[C@@H]3SCC(NC(=O)C(F)(F)F)C(=O)OC[C@@H](c4c5c(c(C)c(OC(C)=O)c43)OCO5)N1[C@H]2C#N. The standard InChI is InChI=1S/C35H35F3N4O9S/c1-6-7-41-19-9-17-8-14(2)28(47-5)27(44)22(17)25(41)26-32-24-23(31-30(49-13-50-31)15(3)29(24)51-16(4)43)21(42(26)20(19)10-39)11-48-33(45)18(12-52-32)40-34(46)35(36,37)38/h6,8,18-21,25-26,32,44H,1,7,9,11-13H2,2-5H3,(H,40,46)/t18?,19-,20+,21+,25-,26-,32-/m1/s1. The highest BCUT2D eigenvalue weighted by molar-refractivity contribution is 7.99. The number of methoxy groups -OCH3 is 1. The number of aromatic hydroxyl groups is 1. The molecule has 2 saturated heterocycles. The van der Waals surface area contributed by atoms with E-state index in [0.29, 0.717) is 45.7 Å². The second-order valence-electron chi connectivity index (χ2n) is 13.2. The van der Waals surface area contributed by atoms with Gasteiger partial charge in [-0.15, -0.1) is 18.3 Å². The van der Waals surface area contributed by atoms with Crippen molar-refractivity contribution in [3.8, 4) is 34.8 Å². The third-order valence-electron chi connectivity index (χ3n) is 10.4. The van der Waals surface area contributed by atoms with Gasteiger partial charge in [0.2, 0.25) is 6.79 Å². The molecule has 1 unspecified atom stereocenters. The van der Waals surface area contributed by atoms with Gasteiger partial charge < -0.3 is 34.1 Å². The van der Waals surface area contributed by atoms with Gasteiger partial charge in [0.15, 0.2) is 23.0 Å². The number of nitrogens with zero attached hydrogens (tertiary/aromatic N) is 3. The number of alkyl halides is 3. The van der Waals surface area contributed by atoms with E-state index in [0.717, 1.165) is 17.3 Å². The molecule has 13 nitrogen and oxygen atoms in total. The molecule has 2 fully saturated rings. The molecular formula is C35H35F3N4O9S. The van der Waals surface area contributed by atoms with Gasteiger partial charge in [0.05, 0.1) is 30.5 Å². The van der Waals surface area contributed by atoms with E-state index in [2.05, 4.69) is 17.5 Å². The first-order valence-electron chi connectivity index (χ1n) is 16.5. The highest BCUT2D eigenvalue weighted by Crippen LogP contribution is 2.64. The zero-order valence-electron chi connectivity index (χ0n) is 28.5. The van der Waals surface area contributed by atoms with Gasteiger partial charge in [0.1, 0.15) is 24.4 Å². The number of phenolic OH excluding ortho intramolecular Hbond substituents is 1. The van der Waals surface area contributed by atoms with Crippen molar-refractivity contribution in [2.24, 2.45) is 0 Å². The summed E-state index contributed by atoms with van der Waals surface area (Å²) in [6.45, 7) is 8.31. The van der Waals surface area contributed by atoms with Crippen LogP contribution in [0.2, 0.25) is 0 Å². The fourth-order valence-electron chi connectivity index (χ4n) is 8.56. The van der Waals surface area contributed by atoms with Crippen LogP contribution < -0.4 is 24.3 Å². The van der Waals surface area contributed by atoms with Gasteiger partial charge in [-0.05, 0) is 31.4 Å². The zero-order chi connectivity index (χ0) is 37.4. The number of phenols is 1. The molecule has 4 bridgehead atoms. The normalized spacial score (nSPS) is 27.7. The maximum absolute atomic E-state index is 13.4. The van der Waals surface area contributed by atoms with Crippen LogP contribution in [0.3, 0.4) is 0 Å². The minimum Gasteiger partial charge on any atom is -0.504 e. The molecule has 5 heterocycles. The van der Waals surface area contributed by atoms with Crippen molar-refractivity contribution >= 4 is 29.6 Å². The second kappa shape index (κ2) is 13.1. The molecule has 0 spiro atoms. The fraction of sp³-hybridized carbons (Fsp3) is 0.486. The molecular weight excluding hydrogens is 709 g/mol. The molecule has 2 aromatic carbocycles. The van der Waals surface area contributed by atoms with Crippen molar-refractivity contribution in [3.63, 3.8) is 0 Å². The van der Waals surface area contributed by atoms with Crippen molar-refractivity contribution < 1.29 is 56.3 Å². The van der Waals surface area contributed by atoms with Crippen LogP contribution in [0.25, 0.3) is 0 Å². The predicted molar refractivity (Wildman–Crippen MR) is 177 cm³/mol. The Kier molecular flexibility index (Phi) is 8.99. The third kappa shape index (κ3) is 5.41. The molecule has 2 aromatic rings. The van der Waals surface area contributed by atoms with Gasteiger partial charge in [-0.2, -0.15) is 18.4 Å². The van der Waals surface area contributed by atoms with Crippen molar-refractivity contribution in [3.05, 3.63) is 52.1 Å². The monoisotopic (exact) mass is 744 g/mol. The summed E-state index contributed by atoms with van der Waals surface area (Å²) in [6, 6.07) is -1.11. The number of nitriles is 1. The van der Waals surface area contributed by atoms with Gasteiger partial charge in [0.25, 0.3) is 0 Å². The first-order chi connectivity index (χ1) is 24.7. The van der Waals surface area contributed by atoms with Crippen LogP contribution >= 0.6 is 11.8 Å². The minimum absolute atomic E-state index is 0.104. The number of carbonyl (C=O) groups is 3. The molecule has 17 heteroatoms. The number of amides is 1. The first kappa shape index (κ1) is 35.7. The molecule has 2 N–H and O–H groups in total. The molecule has 5 aliphatic rings. The van der Waals surface area contributed by atoms with Crippen LogP contribution in [0.15, 0.2) is 18.7 Å². The van der Waals surface area contributed by atoms with Crippen LogP contribution in [0.4, 0.5) is 13.2 Å². The largest absolute Gasteiger partial charge is 0.504 e. The highest BCUT2D eigenvalue weighted by Gasteiger charge is 2.61. The Morgan fingerprint density at radius 3 is 2.58 bits per heavy atom. The van der Waals surface area contributed by atoms with Gasteiger partial charge in [-0.25, -0.2) is 4.79 Å². The smallest absolute Gasteiger partial charge is 0.471 e. The molecule has 7 rings (SSSR count). The Balaban J connectivity index is 1.53. The molecule has 0 aromatic heterocycles. The predicted octanol–water partition coefficient (Wildman–Crippen LogP) is 3.83. The Bertz CT molecular complexity index is 1930. The minimum atomic E-state index is -5.27. The summed E-state index contributed by atoms with van der Waals surface area (Å²) in [7, 11) is 1.44. The van der Waals surface area contributed by atoms with Gasteiger partial charge in [0, 0.05) is 53.6 Å².